The molecule has 17 heavy (non-hydrogen) atoms. The second-order valence-electron chi connectivity index (χ2n) is 5.14. The van der Waals surface area contributed by atoms with Gasteiger partial charge in [0.2, 0.25) is 0 Å². The molecule has 0 aromatic carbocycles. The van der Waals surface area contributed by atoms with Crippen LogP contribution in [0.1, 0.15) is 18.1 Å². The van der Waals surface area contributed by atoms with Gasteiger partial charge >= 0.3 is 0 Å². The molecule has 0 aliphatic rings. The van der Waals surface area contributed by atoms with E-state index in [1.807, 2.05) is 38.2 Å². The van der Waals surface area contributed by atoms with Crippen molar-refractivity contribution in [2.45, 2.75) is 26.0 Å². The normalized spacial score (nSPS) is 14.9. The Morgan fingerprint density at radius 2 is 2.18 bits per heavy atom. The number of rotatable bonds is 6. The van der Waals surface area contributed by atoms with Gasteiger partial charge in [0.25, 0.3) is 0 Å². The van der Waals surface area contributed by atoms with Crippen LogP contribution in [-0.2, 0) is 6.54 Å². The molecule has 96 valence electrons. The van der Waals surface area contributed by atoms with Crippen molar-refractivity contribution in [1.82, 2.24) is 15.2 Å². The number of nitrogens with one attached hydrogen (secondary N) is 1. The molecule has 0 aliphatic carbocycles. The van der Waals surface area contributed by atoms with Crippen LogP contribution in [-0.4, -0.2) is 47.8 Å². The van der Waals surface area contributed by atoms with Gasteiger partial charge in [-0.2, -0.15) is 0 Å². The third-order valence-corrected chi connectivity index (χ3v) is 2.63. The molecule has 1 heterocycles. The van der Waals surface area contributed by atoms with E-state index in [9.17, 15) is 5.11 Å². The largest absolute Gasteiger partial charge is 0.388 e. The maximum atomic E-state index is 10.1. The number of aromatic nitrogens is 1. The van der Waals surface area contributed by atoms with Gasteiger partial charge in [0.05, 0.1) is 5.60 Å². The monoisotopic (exact) mass is 237 g/mol. The van der Waals surface area contributed by atoms with Crippen molar-refractivity contribution in [3.05, 3.63) is 29.6 Å². The van der Waals surface area contributed by atoms with E-state index < -0.39 is 5.60 Å². The second-order valence-corrected chi connectivity index (χ2v) is 5.14. The van der Waals surface area contributed by atoms with E-state index in [-0.39, 0.29) is 0 Å². The predicted octanol–water partition coefficient (Wildman–Crippen LogP) is 0.792. The number of aryl methyl sites for hydroxylation is 1. The maximum Gasteiger partial charge on any atom is 0.0869 e. The zero-order valence-electron chi connectivity index (χ0n) is 11.2. The molecule has 4 nitrogen and oxygen atoms in total. The zero-order chi connectivity index (χ0) is 12.9. The second kappa shape index (κ2) is 6.10. The van der Waals surface area contributed by atoms with Crippen molar-refractivity contribution >= 4 is 0 Å². The van der Waals surface area contributed by atoms with E-state index in [1.54, 1.807) is 6.20 Å². The molecule has 1 aromatic heterocycles. The first-order valence-electron chi connectivity index (χ1n) is 5.88. The highest BCUT2D eigenvalue weighted by Crippen LogP contribution is 2.06. The molecule has 0 amide bonds. The zero-order valence-corrected chi connectivity index (χ0v) is 11.2. The van der Waals surface area contributed by atoms with Gasteiger partial charge in [-0.25, -0.2) is 0 Å². The lowest BCUT2D eigenvalue weighted by atomic mass is 10.1. The maximum absolute atomic E-state index is 10.1. The molecule has 0 radical (unpaired) electrons. The van der Waals surface area contributed by atoms with Crippen molar-refractivity contribution in [2.24, 2.45) is 0 Å². The molecule has 4 heteroatoms. The van der Waals surface area contributed by atoms with Crippen molar-refractivity contribution in [1.29, 1.82) is 0 Å². The van der Waals surface area contributed by atoms with Gasteiger partial charge in [0.15, 0.2) is 0 Å². The number of pyridine rings is 1. The number of hydrogen-bond acceptors (Lipinski definition) is 4. The van der Waals surface area contributed by atoms with Crippen LogP contribution < -0.4 is 5.32 Å². The molecular formula is C13H23N3O. The van der Waals surface area contributed by atoms with E-state index in [0.29, 0.717) is 13.1 Å². The summed E-state index contributed by atoms with van der Waals surface area (Å²) in [4.78, 5) is 6.08. The summed E-state index contributed by atoms with van der Waals surface area (Å²) in [5.74, 6) is 0. The van der Waals surface area contributed by atoms with Gasteiger partial charge in [-0.15, -0.1) is 0 Å². The van der Waals surface area contributed by atoms with E-state index in [4.69, 9.17) is 0 Å². The minimum Gasteiger partial charge on any atom is -0.388 e. The van der Waals surface area contributed by atoms with Gasteiger partial charge in [0.1, 0.15) is 0 Å². The molecule has 0 bridgehead atoms. The Hall–Kier alpha value is -0.970. The highest BCUT2D eigenvalue weighted by molar-refractivity contribution is 5.21. The smallest absolute Gasteiger partial charge is 0.0869 e. The SMILES string of the molecule is Cc1ccncc1CNCC(C)(O)CN(C)C. The average molecular weight is 237 g/mol. The third-order valence-electron chi connectivity index (χ3n) is 2.63. The van der Waals surface area contributed by atoms with Gasteiger partial charge in [-0.1, -0.05) is 0 Å². The molecule has 0 aliphatic heterocycles. The molecule has 0 saturated heterocycles. The van der Waals surface area contributed by atoms with Gasteiger partial charge in [-0.05, 0) is 45.1 Å². The van der Waals surface area contributed by atoms with Crippen LogP contribution in [0.2, 0.25) is 0 Å². The fourth-order valence-electron chi connectivity index (χ4n) is 1.89. The lowest BCUT2D eigenvalue weighted by molar-refractivity contribution is 0.0336. The van der Waals surface area contributed by atoms with Gasteiger partial charge in [-0.3, -0.25) is 4.98 Å². The Labute approximate surface area is 104 Å². The Morgan fingerprint density at radius 3 is 2.76 bits per heavy atom. The molecule has 0 saturated carbocycles. The average Bonchev–Trinajstić information content (AvgIpc) is 2.18. The topological polar surface area (TPSA) is 48.4 Å². The Balaban J connectivity index is 2.40. The Morgan fingerprint density at radius 1 is 1.47 bits per heavy atom. The fourth-order valence-corrected chi connectivity index (χ4v) is 1.89. The molecule has 1 atom stereocenters. The summed E-state index contributed by atoms with van der Waals surface area (Å²) in [5, 5.41) is 13.4. The minimum atomic E-state index is -0.709. The number of hydrogen-bond donors (Lipinski definition) is 2. The van der Waals surface area contributed by atoms with Crippen LogP contribution in [0.15, 0.2) is 18.5 Å². The summed E-state index contributed by atoms with van der Waals surface area (Å²) in [5.41, 5.74) is 1.69. The molecule has 0 fully saturated rings. The van der Waals surface area contributed by atoms with Crippen molar-refractivity contribution in [2.75, 3.05) is 27.2 Å². The van der Waals surface area contributed by atoms with E-state index in [0.717, 1.165) is 6.54 Å². The molecule has 2 N–H and O–H groups in total. The van der Waals surface area contributed by atoms with Crippen molar-refractivity contribution < 1.29 is 5.11 Å². The van der Waals surface area contributed by atoms with E-state index in [1.165, 1.54) is 11.1 Å². The Kier molecular flexibility index (Phi) is 5.05. The van der Waals surface area contributed by atoms with Crippen LogP contribution in [0, 0.1) is 6.92 Å². The predicted molar refractivity (Wildman–Crippen MR) is 69.9 cm³/mol. The fraction of sp³-hybridized carbons (Fsp3) is 0.615. The summed E-state index contributed by atoms with van der Waals surface area (Å²) < 4.78 is 0. The van der Waals surface area contributed by atoms with Gasteiger partial charge in [0, 0.05) is 32.0 Å². The first-order chi connectivity index (χ1) is 7.91. The first kappa shape index (κ1) is 14.1. The van der Waals surface area contributed by atoms with E-state index >= 15 is 0 Å². The summed E-state index contributed by atoms with van der Waals surface area (Å²) in [6.07, 6.45) is 3.66. The first-order valence-corrected chi connectivity index (χ1v) is 5.88. The summed E-state index contributed by atoms with van der Waals surface area (Å²) >= 11 is 0. The number of likely N-dealkylation sites (N-methyl/N-ethyl adjacent to an activating group) is 1. The number of aliphatic hydroxyl groups is 1. The van der Waals surface area contributed by atoms with E-state index in [2.05, 4.69) is 17.2 Å². The lowest BCUT2D eigenvalue weighted by Gasteiger charge is -2.27. The van der Waals surface area contributed by atoms with Crippen LogP contribution in [0.4, 0.5) is 0 Å². The molecular weight excluding hydrogens is 214 g/mol. The highest BCUT2D eigenvalue weighted by Gasteiger charge is 2.20. The van der Waals surface area contributed by atoms with Crippen LogP contribution in [0.5, 0.6) is 0 Å². The lowest BCUT2D eigenvalue weighted by Crippen LogP contribution is -2.45. The van der Waals surface area contributed by atoms with Crippen molar-refractivity contribution in [3.8, 4) is 0 Å². The standard InChI is InChI=1S/C13H23N3O/c1-11-5-6-14-7-12(11)8-15-9-13(2,17)10-16(3)4/h5-7,15,17H,8-10H2,1-4H3. The Bertz CT molecular complexity index is 350. The van der Waals surface area contributed by atoms with Crippen molar-refractivity contribution in [3.63, 3.8) is 0 Å². The molecule has 1 aromatic rings. The molecule has 1 unspecified atom stereocenters. The number of nitrogens with zero attached hydrogens (tertiary/aromatic N) is 2. The molecule has 0 spiro atoms. The summed E-state index contributed by atoms with van der Waals surface area (Å²) in [6.45, 7) is 5.86. The quantitative estimate of drug-likeness (QED) is 0.768. The summed E-state index contributed by atoms with van der Waals surface area (Å²) in [7, 11) is 3.92. The van der Waals surface area contributed by atoms with Crippen LogP contribution in [0.25, 0.3) is 0 Å². The van der Waals surface area contributed by atoms with Crippen LogP contribution in [0.3, 0.4) is 0 Å². The van der Waals surface area contributed by atoms with Gasteiger partial charge < -0.3 is 15.3 Å². The highest BCUT2D eigenvalue weighted by atomic mass is 16.3. The van der Waals surface area contributed by atoms with Crippen LogP contribution >= 0.6 is 0 Å². The third kappa shape index (κ3) is 5.26. The molecule has 1 rings (SSSR count). The minimum absolute atomic E-state index is 0.569. The summed E-state index contributed by atoms with van der Waals surface area (Å²) in [6, 6.07) is 2.00.